The highest BCUT2D eigenvalue weighted by molar-refractivity contribution is 5.87. The lowest BCUT2D eigenvalue weighted by atomic mass is 9.87. The lowest BCUT2D eigenvalue weighted by Crippen LogP contribution is -2.56. The third-order valence-electron chi connectivity index (χ3n) is 5.31. The van der Waals surface area contributed by atoms with Crippen molar-refractivity contribution in [1.29, 1.82) is 0 Å². The summed E-state index contributed by atoms with van der Waals surface area (Å²) in [7, 11) is 0. The van der Waals surface area contributed by atoms with Crippen molar-refractivity contribution in [2.75, 3.05) is 6.54 Å². The smallest absolute Gasteiger partial charge is 0.242 e. The number of carbonyl (C=O) groups is 2. The van der Waals surface area contributed by atoms with Crippen LogP contribution in [0, 0.1) is 5.92 Å². The maximum Gasteiger partial charge on any atom is 0.242 e. The zero-order chi connectivity index (χ0) is 16.0. The van der Waals surface area contributed by atoms with Crippen molar-refractivity contribution in [2.24, 2.45) is 11.7 Å². The van der Waals surface area contributed by atoms with Crippen LogP contribution in [-0.4, -0.2) is 29.9 Å². The molecule has 2 aliphatic carbocycles. The molecule has 0 aromatic heterocycles. The molecule has 126 valence electrons. The van der Waals surface area contributed by atoms with E-state index in [9.17, 15) is 9.59 Å². The molecule has 2 saturated carbocycles. The number of nitrogens with two attached hydrogens (primary N) is 1. The Bertz CT molecular complexity index is 385. The van der Waals surface area contributed by atoms with E-state index in [2.05, 4.69) is 10.6 Å². The zero-order valence-electron chi connectivity index (χ0n) is 13.8. The Morgan fingerprint density at radius 2 is 1.77 bits per heavy atom. The maximum absolute atomic E-state index is 12.3. The molecule has 0 radical (unpaired) electrons. The topological polar surface area (TPSA) is 84.2 Å². The van der Waals surface area contributed by atoms with Gasteiger partial charge in [-0.3, -0.25) is 9.59 Å². The van der Waals surface area contributed by atoms with Gasteiger partial charge in [-0.25, -0.2) is 0 Å². The van der Waals surface area contributed by atoms with Crippen molar-refractivity contribution in [3.05, 3.63) is 0 Å². The van der Waals surface area contributed by atoms with Crippen LogP contribution in [0.3, 0.4) is 0 Å². The SMILES string of the molecule is CC(NC(=O)CC1CCCCC1)C(=O)NC1(CN)CCCC1. The number of hydrogen-bond donors (Lipinski definition) is 3. The van der Waals surface area contributed by atoms with E-state index in [1.54, 1.807) is 6.92 Å². The molecule has 5 nitrogen and oxygen atoms in total. The molecule has 2 aliphatic rings. The van der Waals surface area contributed by atoms with Gasteiger partial charge in [0.1, 0.15) is 6.04 Å². The minimum absolute atomic E-state index is 0.00257. The molecule has 1 atom stereocenters. The Morgan fingerprint density at radius 1 is 1.14 bits per heavy atom. The van der Waals surface area contributed by atoms with E-state index in [-0.39, 0.29) is 17.4 Å². The number of nitrogens with one attached hydrogen (secondary N) is 2. The van der Waals surface area contributed by atoms with Crippen LogP contribution in [0.2, 0.25) is 0 Å². The zero-order valence-corrected chi connectivity index (χ0v) is 13.8. The standard InChI is InChI=1S/C17H31N3O2/c1-13(16(22)20-17(12-18)9-5-6-10-17)19-15(21)11-14-7-3-2-4-8-14/h13-14H,2-12,18H2,1H3,(H,19,21)(H,20,22). The molecule has 4 N–H and O–H groups in total. The summed E-state index contributed by atoms with van der Waals surface area (Å²) in [4.78, 5) is 24.4. The molecule has 2 fully saturated rings. The van der Waals surface area contributed by atoms with Crippen LogP contribution in [0.25, 0.3) is 0 Å². The monoisotopic (exact) mass is 309 g/mol. The van der Waals surface area contributed by atoms with E-state index in [1.807, 2.05) is 0 Å². The second-order valence-corrected chi connectivity index (χ2v) is 7.18. The summed E-state index contributed by atoms with van der Waals surface area (Å²) in [5, 5.41) is 5.92. The molecule has 0 aromatic carbocycles. The van der Waals surface area contributed by atoms with Gasteiger partial charge in [0.15, 0.2) is 0 Å². The van der Waals surface area contributed by atoms with Gasteiger partial charge in [-0.1, -0.05) is 32.1 Å². The van der Waals surface area contributed by atoms with Gasteiger partial charge in [0.2, 0.25) is 11.8 Å². The molecule has 0 aromatic rings. The lowest BCUT2D eigenvalue weighted by molar-refractivity contribution is -0.130. The Kier molecular flexibility index (Phi) is 6.24. The van der Waals surface area contributed by atoms with E-state index >= 15 is 0 Å². The Morgan fingerprint density at radius 3 is 2.36 bits per heavy atom. The van der Waals surface area contributed by atoms with Gasteiger partial charge in [0.05, 0.1) is 5.54 Å². The average Bonchev–Trinajstić information content (AvgIpc) is 2.97. The molecular weight excluding hydrogens is 278 g/mol. The third-order valence-corrected chi connectivity index (χ3v) is 5.31. The van der Waals surface area contributed by atoms with E-state index in [1.165, 1.54) is 19.3 Å². The molecule has 1 unspecified atom stereocenters. The van der Waals surface area contributed by atoms with Crippen LogP contribution in [-0.2, 0) is 9.59 Å². The van der Waals surface area contributed by atoms with Crippen molar-refractivity contribution in [1.82, 2.24) is 10.6 Å². The fourth-order valence-corrected chi connectivity index (χ4v) is 3.82. The van der Waals surface area contributed by atoms with Crippen LogP contribution < -0.4 is 16.4 Å². The largest absolute Gasteiger partial charge is 0.348 e. The van der Waals surface area contributed by atoms with Crippen molar-refractivity contribution >= 4 is 11.8 Å². The Hall–Kier alpha value is -1.10. The highest BCUT2D eigenvalue weighted by Gasteiger charge is 2.35. The molecule has 2 rings (SSSR count). The van der Waals surface area contributed by atoms with Gasteiger partial charge in [0.25, 0.3) is 0 Å². The summed E-state index contributed by atoms with van der Waals surface area (Å²) in [5.41, 5.74) is 5.59. The summed E-state index contributed by atoms with van der Waals surface area (Å²) < 4.78 is 0. The number of hydrogen-bond acceptors (Lipinski definition) is 3. The summed E-state index contributed by atoms with van der Waals surface area (Å²) in [6, 6.07) is -0.486. The second kappa shape index (κ2) is 7.95. The van der Waals surface area contributed by atoms with Crippen LogP contribution in [0.5, 0.6) is 0 Å². The van der Waals surface area contributed by atoms with Crippen LogP contribution in [0.15, 0.2) is 0 Å². The molecule has 22 heavy (non-hydrogen) atoms. The number of amides is 2. The van der Waals surface area contributed by atoms with Gasteiger partial charge in [-0.15, -0.1) is 0 Å². The predicted molar refractivity (Wildman–Crippen MR) is 87.2 cm³/mol. The molecule has 0 bridgehead atoms. The van der Waals surface area contributed by atoms with Gasteiger partial charge in [0, 0.05) is 13.0 Å². The average molecular weight is 309 g/mol. The van der Waals surface area contributed by atoms with Crippen LogP contribution in [0.4, 0.5) is 0 Å². The van der Waals surface area contributed by atoms with Gasteiger partial charge in [-0.05, 0) is 38.5 Å². The molecule has 0 aliphatic heterocycles. The highest BCUT2D eigenvalue weighted by atomic mass is 16.2. The molecule has 0 heterocycles. The van der Waals surface area contributed by atoms with Crippen molar-refractivity contribution in [2.45, 2.75) is 82.7 Å². The summed E-state index contributed by atoms with van der Waals surface area (Å²) in [5.74, 6) is 0.390. The first-order chi connectivity index (χ1) is 10.5. The number of carbonyl (C=O) groups excluding carboxylic acids is 2. The quantitative estimate of drug-likeness (QED) is 0.700. The maximum atomic E-state index is 12.3. The van der Waals surface area contributed by atoms with E-state index in [0.717, 1.165) is 38.5 Å². The first kappa shape index (κ1) is 17.3. The van der Waals surface area contributed by atoms with E-state index in [0.29, 0.717) is 18.9 Å². The normalized spacial score (nSPS) is 23.0. The van der Waals surface area contributed by atoms with Crippen molar-refractivity contribution in [3.8, 4) is 0 Å². The van der Waals surface area contributed by atoms with Crippen LogP contribution in [0.1, 0.15) is 71.1 Å². The molecule has 0 saturated heterocycles. The molecule has 2 amide bonds. The molecular formula is C17H31N3O2. The Labute approximate surface area is 133 Å². The van der Waals surface area contributed by atoms with Crippen molar-refractivity contribution < 1.29 is 9.59 Å². The first-order valence-corrected chi connectivity index (χ1v) is 8.86. The number of rotatable bonds is 6. The van der Waals surface area contributed by atoms with E-state index in [4.69, 9.17) is 5.73 Å². The molecule has 5 heteroatoms. The first-order valence-electron chi connectivity index (χ1n) is 8.86. The lowest BCUT2D eigenvalue weighted by Gasteiger charge is -2.30. The second-order valence-electron chi connectivity index (χ2n) is 7.18. The van der Waals surface area contributed by atoms with Gasteiger partial charge >= 0.3 is 0 Å². The molecule has 0 spiro atoms. The van der Waals surface area contributed by atoms with Gasteiger partial charge in [-0.2, -0.15) is 0 Å². The summed E-state index contributed by atoms with van der Waals surface area (Å²) in [6.45, 7) is 2.23. The van der Waals surface area contributed by atoms with Crippen LogP contribution >= 0.6 is 0 Å². The predicted octanol–water partition coefficient (Wildman–Crippen LogP) is 1.85. The fourth-order valence-electron chi connectivity index (χ4n) is 3.82. The summed E-state index contributed by atoms with van der Waals surface area (Å²) in [6.07, 6.45) is 10.7. The minimum atomic E-state index is -0.486. The van der Waals surface area contributed by atoms with E-state index < -0.39 is 6.04 Å². The summed E-state index contributed by atoms with van der Waals surface area (Å²) >= 11 is 0. The minimum Gasteiger partial charge on any atom is -0.348 e. The highest BCUT2D eigenvalue weighted by Crippen LogP contribution is 2.29. The third kappa shape index (κ3) is 4.70. The Balaban J connectivity index is 1.76. The van der Waals surface area contributed by atoms with Gasteiger partial charge < -0.3 is 16.4 Å². The van der Waals surface area contributed by atoms with Crippen molar-refractivity contribution in [3.63, 3.8) is 0 Å². The fraction of sp³-hybridized carbons (Fsp3) is 0.882.